The molecule has 0 aliphatic heterocycles. The van der Waals surface area contributed by atoms with E-state index in [9.17, 15) is 41.5 Å². The van der Waals surface area contributed by atoms with Crippen LogP contribution in [0.2, 0.25) is 0 Å². The van der Waals surface area contributed by atoms with Crippen molar-refractivity contribution in [1.82, 2.24) is 19.5 Å². The van der Waals surface area contributed by atoms with E-state index in [-0.39, 0.29) is 29.4 Å². The SMILES string of the molecule is Cc1ccc(-c2cc(C(F)(F)F)nn2-c2ccc(S(=O)(=O)NC(=O)OCCN(CCO)/[N+]([O-])=N/OC(C)OC(=O)C(C)(C)C)cc2)cc1. The number of hydrogen-bond donors (Lipinski definition) is 2. The van der Waals surface area contributed by atoms with Gasteiger partial charge in [-0.1, -0.05) is 29.8 Å². The summed E-state index contributed by atoms with van der Waals surface area (Å²) in [6.45, 7) is 6.30. The molecule has 1 aromatic heterocycles. The Morgan fingerprint density at radius 3 is 2.29 bits per heavy atom. The van der Waals surface area contributed by atoms with Gasteiger partial charge in [-0.15, -0.1) is 5.01 Å². The minimum Gasteiger partial charge on any atom is -0.569 e. The maximum atomic E-state index is 13.5. The van der Waals surface area contributed by atoms with E-state index >= 15 is 0 Å². The maximum Gasteiger partial charge on any atom is 0.435 e. The van der Waals surface area contributed by atoms with Crippen molar-refractivity contribution in [2.75, 3.05) is 26.3 Å². The van der Waals surface area contributed by atoms with Gasteiger partial charge >= 0.3 is 18.2 Å². The molecule has 0 spiro atoms. The third kappa shape index (κ3) is 10.3. The number of benzene rings is 2. The highest BCUT2D eigenvalue weighted by atomic mass is 32.2. The molecule has 0 saturated carbocycles. The highest BCUT2D eigenvalue weighted by Gasteiger charge is 2.35. The number of aryl methyl sites for hydroxylation is 1. The van der Waals surface area contributed by atoms with Gasteiger partial charge in [-0.05, 0) is 58.0 Å². The molecule has 1 unspecified atom stereocenters. The Morgan fingerprint density at radius 2 is 1.73 bits per heavy atom. The Kier molecular flexibility index (Phi) is 12.0. The highest BCUT2D eigenvalue weighted by Crippen LogP contribution is 2.33. The molecule has 0 radical (unpaired) electrons. The van der Waals surface area contributed by atoms with Crippen molar-refractivity contribution in [2.24, 2.45) is 10.7 Å². The predicted molar refractivity (Wildman–Crippen MR) is 161 cm³/mol. The van der Waals surface area contributed by atoms with Crippen LogP contribution in [0.3, 0.4) is 0 Å². The summed E-state index contributed by atoms with van der Waals surface area (Å²) < 4.78 is 78.6. The Morgan fingerprint density at radius 1 is 1.10 bits per heavy atom. The van der Waals surface area contributed by atoms with Gasteiger partial charge in [0.25, 0.3) is 16.3 Å². The van der Waals surface area contributed by atoms with E-state index in [1.165, 1.54) is 19.1 Å². The van der Waals surface area contributed by atoms with Gasteiger partial charge in [-0.3, -0.25) is 9.63 Å². The lowest BCUT2D eigenvalue weighted by Crippen LogP contribution is -2.38. The first-order chi connectivity index (χ1) is 22.3. The number of amides is 1. The molecule has 1 heterocycles. The standard InChI is InChI=1S/C29H35F3N6O9S/c1-19-6-8-21(9-7-19)24-18-25(29(30,31)32)33-37(24)22-10-12-23(13-11-22)48(43,44)34-27(41)45-17-15-36(14-16-39)38(42)35-47-20(2)46-26(40)28(3,4)5/h6-13,18,20,39H,14-17H2,1-5H3,(H,34,41)/b38-35-. The Labute approximate surface area is 274 Å². The molecular formula is C29H35F3N6O9S. The van der Waals surface area contributed by atoms with E-state index in [0.29, 0.717) is 5.56 Å². The van der Waals surface area contributed by atoms with Gasteiger partial charge in [-0.2, -0.15) is 18.3 Å². The highest BCUT2D eigenvalue weighted by molar-refractivity contribution is 7.90. The maximum absolute atomic E-state index is 13.5. The molecule has 262 valence electrons. The summed E-state index contributed by atoms with van der Waals surface area (Å²) in [5.41, 5.74) is -0.407. The van der Waals surface area contributed by atoms with Crippen molar-refractivity contribution in [1.29, 1.82) is 0 Å². The summed E-state index contributed by atoms with van der Waals surface area (Å²) >= 11 is 0. The van der Waals surface area contributed by atoms with E-state index in [1.807, 2.05) is 6.92 Å². The summed E-state index contributed by atoms with van der Waals surface area (Å²) in [7, 11) is -4.50. The average Bonchev–Trinajstić information content (AvgIpc) is 3.45. The van der Waals surface area contributed by atoms with E-state index in [2.05, 4.69) is 10.4 Å². The number of sulfonamides is 1. The Balaban J connectivity index is 1.64. The van der Waals surface area contributed by atoms with Crippen LogP contribution in [-0.4, -0.2) is 77.9 Å². The van der Waals surface area contributed by atoms with Crippen LogP contribution in [0.4, 0.5) is 18.0 Å². The predicted octanol–water partition coefficient (Wildman–Crippen LogP) is 4.32. The number of aromatic nitrogens is 2. The number of ether oxygens (including phenoxy) is 2. The molecule has 2 N–H and O–H groups in total. The van der Waals surface area contributed by atoms with Crippen molar-refractivity contribution in [2.45, 2.75) is 52.0 Å². The van der Waals surface area contributed by atoms with Crippen molar-refractivity contribution < 1.29 is 55.6 Å². The third-order valence-electron chi connectivity index (χ3n) is 6.29. The molecule has 0 saturated heterocycles. The van der Waals surface area contributed by atoms with Crippen LogP contribution in [0.15, 0.2) is 64.8 Å². The largest absolute Gasteiger partial charge is 0.569 e. The van der Waals surface area contributed by atoms with Gasteiger partial charge in [0.15, 0.2) is 5.69 Å². The van der Waals surface area contributed by atoms with Gasteiger partial charge in [0, 0.05) is 12.5 Å². The topological polar surface area (TPSA) is 188 Å². The number of carbonyl (C=O) groups is 2. The number of rotatable bonds is 13. The van der Waals surface area contributed by atoms with Crippen LogP contribution in [0.5, 0.6) is 0 Å². The van der Waals surface area contributed by atoms with Crippen molar-refractivity contribution in [3.8, 4) is 16.9 Å². The van der Waals surface area contributed by atoms with Crippen LogP contribution in [-0.2, 0) is 35.3 Å². The molecule has 0 aliphatic carbocycles. The lowest BCUT2D eigenvalue weighted by molar-refractivity contribution is -0.713. The second-order valence-electron chi connectivity index (χ2n) is 11.3. The molecule has 19 heteroatoms. The first-order valence-electron chi connectivity index (χ1n) is 14.3. The number of hydrazine groups is 1. The lowest BCUT2D eigenvalue weighted by atomic mass is 9.97. The van der Waals surface area contributed by atoms with Crippen LogP contribution in [0.1, 0.15) is 39.0 Å². The molecule has 3 aromatic rings. The summed E-state index contributed by atoms with van der Waals surface area (Å²) in [5, 5.41) is 29.3. The molecule has 2 aromatic carbocycles. The first-order valence-corrected chi connectivity index (χ1v) is 15.8. The second kappa shape index (κ2) is 15.3. The number of alkyl halides is 3. The molecule has 0 bridgehead atoms. The summed E-state index contributed by atoms with van der Waals surface area (Å²) in [5.74, 6) is -0.607. The normalized spacial score (nSPS) is 13.1. The van der Waals surface area contributed by atoms with Crippen LogP contribution in [0.25, 0.3) is 16.9 Å². The average molecular weight is 701 g/mol. The van der Waals surface area contributed by atoms with Gasteiger partial charge in [0.2, 0.25) is 5.28 Å². The number of nitrogens with zero attached hydrogens (tertiary/aromatic N) is 5. The Bertz CT molecular complexity index is 1710. The van der Waals surface area contributed by atoms with Crippen molar-refractivity contribution >= 4 is 22.1 Å². The van der Waals surface area contributed by atoms with Crippen LogP contribution < -0.4 is 4.72 Å². The van der Waals surface area contributed by atoms with Gasteiger partial charge < -0.3 is 19.8 Å². The molecular weight excluding hydrogens is 665 g/mol. The van der Waals surface area contributed by atoms with E-state index in [0.717, 1.165) is 33.5 Å². The fourth-order valence-electron chi connectivity index (χ4n) is 3.76. The van der Waals surface area contributed by atoms with Gasteiger partial charge in [0.1, 0.15) is 19.7 Å². The Hall–Kier alpha value is -4.91. The molecule has 0 fully saturated rings. The first kappa shape index (κ1) is 37.5. The number of aliphatic hydroxyl groups is 1. The zero-order valence-electron chi connectivity index (χ0n) is 26.6. The van der Waals surface area contributed by atoms with Gasteiger partial charge in [-0.25, -0.2) is 22.6 Å². The van der Waals surface area contributed by atoms with Crippen molar-refractivity contribution in [3.63, 3.8) is 0 Å². The van der Waals surface area contributed by atoms with E-state index in [1.54, 1.807) is 49.8 Å². The molecule has 3 rings (SSSR count). The smallest absolute Gasteiger partial charge is 0.435 e. The van der Waals surface area contributed by atoms with Crippen molar-refractivity contribution in [3.05, 3.63) is 71.1 Å². The second-order valence-corrected chi connectivity index (χ2v) is 12.9. The summed E-state index contributed by atoms with van der Waals surface area (Å²) in [6.07, 6.45) is -7.36. The summed E-state index contributed by atoms with van der Waals surface area (Å²) in [6, 6.07) is 12.2. The fourth-order valence-corrected chi connectivity index (χ4v) is 4.65. The molecule has 15 nitrogen and oxygen atoms in total. The summed E-state index contributed by atoms with van der Waals surface area (Å²) in [4.78, 5) is 28.5. The van der Waals surface area contributed by atoms with E-state index < -0.39 is 63.8 Å². The molecule has 48 heavy (non-hydrogen) atoms. The molecule has 0 aliphatic rings. The van der Waals surface area contributed by atoms with Crippen LogP contribution >= 0.6 is 0 Å². The number of carbonyl (C=O) groups excluding carboxylic acids is 2. The number of aliphatic hydroxyl groups excluding tert-OH is 1. The minimum absolute atomic E-state index is 0.0707. The number of nitrogens with one attached hydrogen (secondary N) is 1. The number of esters is 1. The minimum atomic E-state index is -4.73. The quantitative estimate of drug-likeness (QED) is 0.0850. The van der Waals surface area contributed by atoms with Crippen LogP contribution in [0, 0.1) is 17.5 Å². The zero-order chi connectivity index (χ0) is 35.9. The third-order valence-corrected chi connectivity index (χ3v) is 7.62. The number of halogens is 3. The zero-order valence-corrected chi connectivity index (χ0v) is 27.4. The molecule has 1 amide bonds. The molecule has 1 atom stereocenters. The lowest BCUT2D eigenvalue weighted by Gasteiger charge is -2.20. The fraction of sp³-hybridized carbons (Fsp3) is 0.414. The van der Waals surface area contributed by atoms with E-state index in [4.69, 9.17) is 14.3 Å². The number of hydrogen-bond acceptors (Lipinski definition) is 11. The monoisotopic (exact) mass is 700 g/mol. The van der Waals surface area contributed by atoms with Gasteiger partial charge in [0.05, 0.1) is 33.3 Å².